The van der Waals surface area contributed by atoms with Gasteiger partial charge in [0.2, 0.25) is 5.91 Å². The Balaban J connectivity index is 1.43. The van der Waals surface area contributed by atoms with Crippen LogP contribution in [-0.2, 0) is 9.53 Å². The molecule has 142 valence electrons. The Morgan fingerprint density at radius 1 is 1.12 bits per heavy atom. The van der Waals surface area contributed by atoms with E-state index >= 15 is 0 Å². The van der Waals surface area contributed by atoms with Crippen LogP contribution < -0.4 is 0 Å². The van der Waals surface area contributed by atoms with Gasteiger partial charge in [-0.2, -0.15) is 0 Å². The zero-order valence-electron chi connectivity index (χ0n) is 16.2. The first kappa shape index (κ1) is 19.1. The molecular formula is C22H32N2O2. The average molecular weight is 357 g/mol. The van der Waals surface area contributed by atoms with Gasteiger partial charge in [-0.05, 0) is 49.3 Å². The lowest BCUT2D eigenvalue weighted by atomic mass is 9.94. The third kappa shape index (κ3) is 5.18. The van der Waals surface area contributed by atoms with Crippen molar-refractivity contribution in [1.82, 2.24) is 9.80 Å². The van der Waals surface area contributed by atoms with E-state index in [1.807, 2.05) is 0 Å². The van der Waals surface area contributed by atoms with Crippen LogP contribution in [0.5, 0.6) is 0 Å². The normalized spacial score (nSPS) is 20.0. The van der Waals surface area contributed by atoms with E-state index in [2.05, 4.69) is 54.0 Å². The minimum absolute atomic E-state index is 0.314. The molecule has 0 atom stereocenters. The highest BCUT2D eigenvalue weighted by Crippen LogP contribution is 2.22. The molecule has 2 aliphatic heterocycles. The molecule has 0 saturated carbocycles. The summed E-state index contributed by atoms with van der Waals surface area (Å²) in [6.07, 6.45) is 7.43. The van der Waals surface area contributed by atoms with Crippen LogP contribution >= 0.6 is 0 Å². The van der Waals surface area contributed by atoms with Gasteiger partial charge in [0.25, 0.3) is 0 Å². The van der Waals surface area contributed by atoms with Crippen LogP contribution in [-0.4, -0.2) is 61.6 Å². The van der Waals surface area contributed by atoms with E-state index in [9.17, 15) is 4.79 Å². The molecule has 2 saturated heterocycles. The van der Waals surface area contributed by atoms with Crippen molar-refractivity contribution in [3.8, 4) is 0 Å². The van der Waals surface area contributed by atoms with Crippen molar-refractivity contribution < 1.29 is 9.53 Å². The van der Waals surface area contributed by atoms with Crippen molar-refractivity contribution in [2.75, 3.05) is 45.9 Å². The molecule has 0 unspecified atom stereocenters. The molecule has 0 aromatic heterocycles. The maximum atomic E-state index is 12.5. The van der Waals surface area contributed by atoms with Gasteiger partial charge in [-0.3, -0.25) is 9.69 Å². The molecule has 2 fully saturated rings. The van der Waals surface area contributed by atoms with E-state index in [4.69, 9.17) is 4.74 Å². The maximum absolute atomic E-state index is 12.5. The minimum Gasteiger partial charge on any atom is -0.379 e. The molecule has 1 aromatic carbocycles. The highest BCUT2D eigenvalue weighted by Gasteiger charge is 2.22. The second-order valence-electron chi connectivity index (χ2n) is 7.59. The molecule has 1 amide bonds. The van der Waals surface area contributed by atoms with Crippen LogP contribution in [0.1, 0.15) is 36.0 Å². The molecule has 1 aromatic rings. The largest absolute Gasteiger partial charge is 0.379 e. The molecular weight excluding hydrogens is 324 g/mol. The minimum atomic E-state index is 0.314. The summed E-state index contributed by atoms with van der Waals surface area (Å²) < 4.78 is 5.36. The van der Waals surface area contributed by atoms with Crippen LogP contribution in [0, 0.1) is 19.8 Å². The lowest BCUT2D eigenvalue weighted by molar-refractivity contribution is -0.133. The van der Waals surface area contributed by atoms with Crippen molar-refractivity contribution in [2.45, 2.75) is 33.1 Å². The first-order valence-corrected chi connectivity index (χ1v) is 9.96. The molecule has 4 heteroatoms. The molecule has 0 aliphatic carbocycles. The zero-order valence-corrected chi connectivity index (χ0v) is 16.2. The smallest absolute Gasteiger partial charge is 0.223 e. The van der Waals surface area contributed by atoms with E-state index in [0.717, 1.165) is 58.8 Å². The third-order valence-electron chi connectivity index (χ3n) is 5.72. The van der Waals surface area contributed by atoms with Gasteiger partial charge in [0.1, 0.15) is 0 Å². The molecule has 2 heterocycles. The van der Waals surface area contributed by atoms with Crippen LogP contribution in [0.25, 0.3) is 6.08 Å². The molecule has 4 nitrogen and oxygen atoms in total. The van der Waals surface area contributed by atoms with E-state index in [-0.39, 0.29) is 0 Å². The van der Waals surface area contributed by atoms with Crippen molar-refractivity contribution in [2.24, 2.45) is 5.92 Å². The Kier molecular flexibility index (Phi) is 6.86. The fraction of sp³-hybridized carbons (Fsp3) is 0.591. The summed E-state index contributed by atoms with van der Waals surface area (Å²) in [5.41, 5.74) is 4.01. The van der Waals surface area contributed by atoms with Gasteiger partial charge in [0.15, 0.2) is 0 Å². The Labute approximate surface area is 157 Å². The number of amides is 1. The van der Waals surface area contributed by atoms with Crippen LogP contribution in [0.4, 0.5) is 0 Å². The molecule has 0 spiro atoms. The number of carbonyl (C=O) groups is 1. The quantitative estimate of drug-likeness (QED) is 0.812. The summed E-state index contributed by atoms with van der Waals surface area (Å²) in [5, 5.41) is 0. The van der Waals surface area contributed by atoms with Gasteiger partial charge in [-0.1, -0.05) is 30.4 Å². The van der Waals surface area contributed by atoms with Crippen LogP contribution in [0.3, 0.4) is 0 Å². The highest BCUT2D eigenvalue weighted by atomic mass is 16.5. The standard InChI is InChI=1S/C22H32N2O2/c1-18-4-3-5-19(2)21(18)7-6-20-8-12-24(13-9-20)22(25)10-11-23-14-16-26-17-15-23/h3-7,20H,8-17H2,1-2H3. The second kappa shape index (κ2) is 9.33. The molecule has 3 rings (SSSR count). The Morgan fingerprint density at radius 3 is 2.42 bits per heavy atom. The monoisotopic (exact) mass is 356 g/mol. The van der Waals surface area contributed by atoms with Gasteiger partial charge in [0, 0.05) is 39.1 Å². The zero-order chi connectivity index (χ0) is 18.4. The number of hydrogen-bond donors (Lipinski definition) is 0. The van der Waals surface area contributed by atoms with Gasteiger partial charge in [0.05, 0.1) is 13.2 Å². The number of aryl methyl sites for hydroxylation is 2. The molecule has 2 aliphatic rings. The number of ether oxygens (including phenoxy) is 1. The summed E-state index contributed by atoms with van der Waals surface area (Å²) in [6.45, 7) is 10.5. The Bertz CT molecular complexity index is 607. The fourth-order valence-corrected chi connectivity index (χ4v) is 3.90. The fourth-order valence-electron chi connectivity index (χ4n) is 3.90. The number of carbonyl (C=O) groups excluding carboxylic acids is 1. The number of benzene rings is 1. The van der Waals surface area contributed by atoms with E-state index in [0.29, 0.717) is 18.2 Å². The average Bonchev–Trinajstić information content (AvgIpc) is 2.67. The topological polar surface area (TPSA) is 32.8 Å². The van der Waals surface area contributed by atoms with Crippen LogP contribution in [0.15, 0.2) is 24.3 Å². The number of likely N-dealkylation sites (tertiary alicyclic amines) is 1. The maximum Gasteiger partial charge on any atom is 0.223 e. The first-order chi connectivity index (χ1) is 12.6. The molecule has 0 N–H and O–H groups in total. The Hall–Kier alpha value is -1.65. The molecule has 0 radical (unpaired) electrons. The van der Waals surface area contributed by atoms with E-state index in [1.165, 1.54) is 16.7 Å². The number of nitrogens with zero attached hydrogens (tertiary/aromatic N) is 2. The van der Waals surface area contributed by atoms with Crippen molar-refractivity contribution in [3.05, 3.63) is 41.0 Å². The number of piperidine rings is 1. The van der Waals surface area contributed by atoms with Gasteiger partial charge < -0.3 is 9.64 Å². The molecule has 26 heavy (non-hydrogen) atoms. The van der Waals surface area contributed by atoms with E-state index < -0.39 is 0 Å². The van der Waals surface area contributed by atoms with Crippen molar-refractivity contribution in [3.63, 3.8) is 0 Å². The number of hydrogen-bond acceptors (Lipinski definition) is 3. The lowest BCUT2D eigenvalue weighted by Crippen LogP contribution is -2.42. The highest BCUT2D eigenvalue weighted by molar-refractivity contribution is 5.76. The number of morpholine rings is 1. The Morgan fingerprint density at radius 2 is 1.77 bits per heavy atom. The van der Waals surface area contributed by atoms with Gasteiger partial charge in [-0.15, -0.1) is 0 Å². The summed E-state index contributed by atoms with van der Waals surface area (Å²) >= 11 is 0. The number of rotatable bonds is 5. The second-order valence-corrected chi connectivity index (χ2v) is 7.59. The third-order valence-corrected chi connectivity index (χ3v) is 5.72. The summed E-state index contributed by atoms with van der Waals surface area (Å²) in [4.78, 5) is 16.9. The first-order valence-electron chi connectivity index (χ1n) is 9.96. The molecule has 0 bridgehead atoms. The van der Waals surface area contributed by atoms with Crippen molar-refractivity contribution >= 4 is 12.0 Å². The summed E-state index contributed by atoms with van der Waals surface area (Å²) in [6, 6.07) is 6.45. The van der Waals surface area contributed by atoms with Gasteiger partial charge >= 0.3 is 0 Å². The number of allylic oxidation sites excluding steroid dienone is 1. The van der Waals surface area contributed by atoms with E-state index in [1.54, 1.807) is 0 Å². The van der Waals surface area contributed by atoms with Crippen LogP contribution in [0.2, 0.25) is 0 Å². The predicted octanol–water partition coefficient (Wildman–Crippen LogP) is 3.28. The predicted molar refractivity (Wildman–Crippen MR) is 106 cm³/mol. The SMILES string of the molecule is Cc1cccc(C)c1C=CC1CCN(C(=O)CCN2CCOCC2)CC1. The summed E-state index contributed by atoms with van der Waals surface area (Å²) in [5.74, 6) is 0.894. The van der Waals surface area contributed by atoms with Crippen molar-refractivity contribution in [1.29, 1.82) is 0 Å². The van der Waals surface area contributed by atoms with Gasteiger partial charge in [-0.25, -0.2) is 0 Å². The summed E-state index contributed by atoms with van der Waals surface area (Å²) in [7, 11) is 0. The lowest BCUT2D eigenvalue weighted by Gasteiger charge is -2.32.